The first-order valence-electron chi connectivity index (χ1n) is 7.34. The van der Waals surface area contributed by atoms with Crippen LogP contribution in [0.4, 0.5) is 0 Å². The highest BCUT2D eigenvalue weighted by molar-refractivity contribution is 6.07. The van der Waals surface area contributed by atoms with Crippen LogP contribution in [0.3, 0.4) is 0 Å². The molecular formula is C17H20O5. The zero-order valence-corrected chi connectivity index (χ0v) is 13.3. The highest BCUT2D eigenvalue weighted by Crippen LogP contribution is 2.75. The maximum Gasteiger partial charge on any atom is 0.324 e. The Hall–Kier alpha value is -2.04. The highest BCUT2D eigenvalue weighted by Gasteiger charge is 2.82. The first-order chi connectivity index (χ1) is 10.4. The van der Waals surface area contributed by atoms with Gasteiger partial charge in [0.25, 0.3) is 0 Å². The molecule has 2 aliphatic rings. The molecule has 1 aliphatic heterocycles. The van der Waals surface area contributed by atoms with Crippen molar-refractivity contribution in [3.63, 3.8) is 0 Å². The van der Waals surface area contributed by atoms with Crippen LogP contribution in [0.25, 0.3) is 0 Å². The summed E-state index contributed by atoms with van der Waals surface area (Å²) in [6, 6.07) is 5.78. The Bertz CT molecular complexity index is 630. The summed E-state index contributed by atoms with van der Waals surface area (Å²) in [7, 11) is 2.61. The summed E-state index contributed by atoms with van der Waals surface area (Å²) < 4.78 is 15.5. The second kappa shape index (κ2) is 4.73. The van der Waals surface area contributed by atoms with Gasteiger partial charge >= 0.3 is 11.9 Å². The highest BCUT2D eigenvalue weighted by atomic mass is 16.5. The van der Waals surface area contributed by atoms with Crippen LogP contribution in [0.15, 0.2) is 18.2 Å². The molecule has 1 aliphatic carbocycles. The Morgan fingerprint density at radius 2 is 1.82 bits per heavy atom. The van der Waals surface area contributed by atoms with E-state index >= 15 is 0 Å². The number of hydrogen-bond donors (Lipinski definition) is 0. The Kier molecular flexibility index (Phi) is 3.20. The minimum Gasteiger partial charge on any atom is -0.493 e. The van der Waals surface area contributed by atoms with E-state index in [0.717, 1.165) is 23.3 Å². The van der Waals surface area contributed by atoms with Crippen molar-refractivity contribution in [2.75, 3.05) is 20.8 Å². The van der Waals surface area contributed by atoms with Gasteiger partial charge in [0.1, 0.15) is 5.75 Å². The van der Waals surface area contributed by atoms with Crippen LogP contribution >= 0.6 is 0 Å². The predicted octanol–water partition coefficient (Wildman–Crippen LogP) is 2.08. The van der Waals surface area contributed by atoms with E-state index in [0.29, 0.717) is 6.61 Å². The molecule has 1 unspecified atom stereocenters. The number of hydrogen-bond acceptors (Lipinski definition) is 5. The second-order valence-electron chi connectivity index (χ2n) is 6.37. The SMILES string of the molecule is COC(=O)C1(C(=O)OC)C(c2cccc3c2CCO3)C1(C)C. The fourth-order valence-corrected chi connectivity index (χ4v) is 4.07. The minimum absolute atomic E-state index is 0.267. The first-order valence-corrected chi connectivity index (χ1v) is 7.34. The minimum atomic E-state index is -1.28. The molecule has 1 aromatic rings. The zero-order chi connectivity index (χ0) is 16.1. The number of fused-ring (bicyclic) bond motifs is 1. The van der Waals surface area contributed by atoms with Gasteiger partial charge in [-0.1, -0.05) is 26.0 Å². The van der Waals surface area contributed by atoms with Crippen LogP contribution < -0.4 is 4.74 Å². The molecule has 0 amide bonds. The lowest BCUT2D eigenvalue weighted by Gasteiger charge is -2.15. The molecule has 1 heterocycles. The smallest absolute Gasteiger partial charge is 0.324 e. The summed E-state index contributed by atoms with van der Waals surface area (Å²) in [5.74, 6) is -0.503. The molecule has 1 fully saturated rings. The second-order valence-corrected chi connectivity index (χ2v) is 6.37. The molecule has 5 nitrogen and oxygen atoms in total. The summed E-state index contributed by atoms with van der Waals surface area (Å²) >= 11 is 0. The average Bonchev–Trinajstić information content (AvgIpc) is 2.85. The van der Waals surface area contributed by atoms with Gasteiger partial charge in [-0.15, -0.1) is 0 Å². The summed E-state index contributed by atoms with van der Waals surface area (Å²) in [5.41, 5.74) is 0.213. The summed E-state index contributed by atoms with van der Waals surface area (Å²) in [4.78, 5) is 24.9. The Labute approximate surface area is 129 Å². The van der Waals surface area contributed by atoms with Crippen molar-refractivity contribution >= 4 is 11.9 Å². The van der Waals surface area contributed by atoms with Gasteiger partial charge < -0.3 is 14.2 Å². The normalized spacial score (nSPS) is 23.2. The first kappa shape index (κ1) is 14.9. The molecule has 22 heavy (non-hydrogen) atoms. The molecule has 1 atom stereocenters. The van der Waals surface area contributed by atoms with Gasteiger partial charge in [0, 0.05) is 23.3 Å². The van der Waals surface area contributed by atoms with Gasteiger partial charge in [-0.2, -0.15) is 0 Å². The van der Waals surface area contributed by atoms with Crippen molar-refractivity contribution in [2.24, 2.45) is 10.8 Å². The monoisotopic (exact) mass is 304 g/mol. The van der Waals surface area contributed by atoms with E-state index < -0.39 is 22.8 Å². The van der Waals surface area contributed by atoms with Gasteiger partial charge in [-0.25, -0.2) is 0 Å². The van der Waals surface area contributed by atoms with Crippen molar-refractivity contribution < 1.29 is 23.8 Å². The van der Waals surface area contributed by atoms with Crippen LogP contribution in [0, 0.1) is 10.8 Å². The van der Waals surface area contributed by atoms with Crippen LogP contribution in [0.1, 0.15) is 30.9 Å². The number of benzene rings is 1. The van der Waals surface area contributed by atoms with E-state index in [1.807, 2.05) is 32.0 Å². The fourth-order valence-electron chi connectivity index (χ4n) is 4.07. The number of methoxy groups -OCH3 is 2. The third kappa shape index (κ3) is 1.59. The number of ether oxygens (including phenoxy) is 3. The number of rotatable bonds is 3. The molecule has 0 aromatic heterocycles. The maximum absolute atomic E-state index is 12.4. The van der Waals surface area contributed by atoms with E-state index in [4.69, 9.17) is 14.2 Å². The topological polar surface area (TPSA) is 61.8 Å². The zero-order valence-electron chi connectivity index (χ0n) is 13.3. The van der Waals surface area contributed by atoms with Gasteiger partial charge in [0.05, 0.1) is 20.8 Å². The average molecular weight is 304 g/mol. The lowest BCUT2D eigenvalue weighted by Crippen LogP contribution is -2.33. The van der Waals surface area contributed by atoms with Crippen LogP contribution in [0.5, 0.6) is 5.75 Å². The third-order valence-corrected chi connectivity index (χ3v) is 5.19. The van der Waals surface area contributed by atoms with Crippen molar-refractivity contribution in [3.05, 3.63) is 29.3 Å². The predicted molar refractivity (Wildman–Crippen MR) is 78.6 cm³/mol. The van der Waals surface area contributed by atoms with Crippen LogP contribution in [-0.2, 0) is 25.5 Å². The molecule has 0 spiro atoms. The molecule has 0 saturated heterocycles. The van der Waals surface area contributed by atoms with Crippen molar-refractivity contribution in [2.45, 2.75) is 26.2 Å². The molecule has 118 valence electrons. The Morgan fingerprint density at radius 1 is 1.18 bits per heavy atom. The largest absolute Gasteiger partial charge is 0.493 e. The van der Waals surface area contributed by atoms with Crippen molar-refractivity contribution in [1.29, 1.82) is 0 Å². The molecule has 3 rings (SSSR count). The third-order valence-electron chi connectivity index (χ3n) is 5.19. The van der Waals surface area contributed by atoms with Gasteiger partial charge in [-0.3, -0.25) is 9.59 Å². The van der Waals surface area contributed by atoms with Gasteiger partial charge in [0.15, 0.2) is 5.41 Å². The number of carbonyl (C=O) groups excluding carboxylic acids is 2. The molecule has 0 radical (unpaired) electrons. The maximum atomic E-state index is 12.4. The molecule has 1 aromatic carbocycles. The van der Waals surface area contributed by atoms with Crippen LogP contribution in [0.2, 0.25) is 0 Å². The summed E-state index contributed by atoms with van der Waals surface area (Å²) in [6.45, 7) is 4.43. The van der Waals surface area contributed by atoms with E-state index in [9.17, 15) is 9.59 Å². The molecule has 0 N–H and O–H groups in total. The van der Waals surface area contributed by atoms with E-state index in [-0.39, 0.29) is 5.92 Å². The van der Waals surface area contributed by atoms with E-state index in [2.05, 4.69) is 0 Å². The van der Waals surface area contributed by atoms with Crippen molar-refractivity contribution in [3.8, 4) is 5.75 Å². The molecule has 5 heteroatoms. The lowest BCUT2D eigenvalue weighted by molar-refractivity contribution is -0.163. The van der Waals surface area contributed by atoms with Crippen LogP contribution in [-0.4, -0.2) is 32.8 Å². The van der Waals surface area contributed by atoms with Crippen molar-refractivity contribution in [1.82, 2.24) is 0 Å². The Morgan fingerprint density at radius 3 is 2.41 bits per heavy atom. The van der Waals surface area contributed by atoms with E-state index in [1.165, 1.54) is 14.2 Å². The lowest BCUT2D eigenvalue weighted by atomic mass is 9.94. The van der Waals surface area contributed by atoms with E-state index in [1.54, 1.807) is 0 Å². The fraction of sp³-hybridized carbons (Fsp3) is 0.529. The molecule has 1 saturated carbocycles. The van der Waals surface area contributed by atoms with Gasteiger partial charge in [0.2, 0.25) is 0 Å². The number of esters is 2. The summed E-state index contributed by atoms with van der Waals surface area (Å²) in [5, 5.41) is 0. The molecule has 0 bridgehead atoms. The quantitative estimate of drug-likeness (QED) is 0.632. The molecular weight excluding hydrogens is 284 g/mol. The van der Waals surface area contributed by atoms with Gasteiger partial charge in [-0.05, 0) is 11.6 Å². The standard InChI is InChI=1S/C17H20O5/c1-16(2)13(17(16,14(18)20-3)15(19)21-4)11-6-5-7-12-10(11)8-9-22-12/h5-7,13H,8-9H2,1-4H3. The number of carbonyl (C=O) groups is 2. The summed E-state index contributed by atoms with van der Waals surface area (Å²) in [6.07, 6.45) is 0.788. The Balaban J connectivity index is 2.14.